The summed E-state index contributed by atoms with van der Waals surface area (Å²) < 4.78 is 14.6. The summed E-state index contributed by atoms with van der Waals surface area (Å²) in [6.07, 6.45) is 0. The number of hydrogen-bond donors (Lipinski definition) is 1. The molecule has 0 radical (unpaired) electrons. The third kappa shape index (κ3) is 1.44. The van der Waals surface area contributed by atoms with Gasteiger partial charge in [-0.15, -0.1) is 0 Å². The average Bonchev–Trinajstić information content (AvgIpc) is 2.75. The molecule has 0 aliphatic carbocycles. The summed E-state index contributed by atoms with van der Waals surface area (Å²) >= 11 is 0. The zero-order valence-electron chi connectivity index (χ0n) is 8.35. The lowest BCUT2D eigenvalue weighted by Crippen LogP contribution is -2.05. The van der Waals surface area contributed by atoms with Crippen LogP contribution in [0, 0.1) is 0 Å². The zero-order valence-corrected chi connectivity index (χ0v) is 8.35. The van der Waals surface area contributed by atoms with Crippen molar-refractivity contribution >= 4 is 11.9 Å². The smallest absolute Gasteiger partial charge is 0.341 e. The van der Waals surface area contributed by atoms with Gasteiger partial charge in [-0.25, -0.2) is 9.59 Å². The van der Waals surface area contributed by atoms with Crippen LogP contribution in [0.5, 0.6) is 11.5 Å². The van der Waals surface area contributed by atoms with Gasteiger partial charge in [0.25, 0.3) is 0 Å². The van der Waals surface area contributed by atoms with Gasteiger partial charge in [-0.05, 0) is 12.1 Å². The third-order valence-corrected chi connectivity index (χ3v) is 2.15. The Hall–Kier alpha value is -2.24. The van der Waals surface area contributed by atoms with E-state index >= 15 is 0 Å². The predicted octanol–water partition coefficient (Wildman–Crippen LogP) is 0.900. The van der Waals surface area contributed by atoms with Crippen molar-refractivity contribution in [3.8, 4) is 11.5 Å². The van der Waals surface area contributed by atoms with Crippen LogP contribution in [0.15, 0.2) is 12.1 Å². The van der Waals surface area contributed by atoms with Gasteiger partial charge in [-0.1, -0.05) is 0 Å². The van der Waals surface area contributed by atoms with E-state index in [0.29, 0.717) is 0 Å². The second-order valence-electron chi connectivity index (χ2n) is 3.02. The standard InChI is InChI=1S/C10H8O6/c1-14-10(13)6-3-2-5(9(11)12)7-8(6)16-4-15-7/h2-3H,4H2,1H3,(H,11,12). The molecule has 0 aromatic heterocycles. The number of fused-ring (bicyclic) bond motifs is 1. The Balaban J connectivity index is 2.57. The Morgan fingerprint density at radius 3 is 2.38 bits per heavy atom. The number of benzene rings is 1. The van der Waals surface area contributed by atoms with Gasteiger partial charge in [-0.2, -0.15) is 0 Å². The summed E-state index contributed by atoms with van der Waals surface area (Å²) in [5, 5.41) is 8.88. The first-order valence-corrected chi connectivity index (χ1v) is 4.39. The molecule has 0 spiro atoms. The van der Waals surface area contributed by atoms with E-state index in [1.54, 1.807) is 0 Å². The predicted molar refractivity (Wildman–Crippen MR) is 50.9 cm³/mol. The van der Waals surface area contributed by atoms with E-state index < -0.39 is 11.9 Å². The Kier molecular flexibility index (Phi) is 2.40. The van der Waals surface area contributed by atoms with Crippen LogP contribution in [-0.2, 0) is 4.74 Å². The van der Waals surface area contributed by atoms with Crippen molar-refractivity contribution in [1.82, 2.24) is 0 Å². The summed E-state index contributed by atoms with van der Waals surface area (Å²) in [7, 11) is 1.23. The summed E-state index contributed by atoms with van der Waals surface area (Å²) in [5.41, 5.74) is 0.111. The van der Waals surface area contributed by atoms with Crippen LogP contribution in [0.4, 0.5) is 0 Å². The average molecular weight is 224 g/mol. The number of rotatable bonds is 2. The number of ether oxygens (including phenoxy) is 3. The molecule has 84 valence electrons. The molecular formula is C10H8O6. The highest BCUT2D eigenvalue weighted by atomic mass is 16.7. The van der Waals surface area contributed by atoms with E-state index in [-0.39, 0.29) is 29.4 Å². The minimum Gasteiger partial charge on any atom is -0.478 e. The molecule has 0 saturated heterocycles. The Bertz CT molecular complexity index is 465. The number of hydrogen-bond acceptors (Lipinski definition) is 5. The summed E-state index contributed by atoms with van der Waals surface area (Å²) in [4.78, 5) is 22.2. The Morgan fingerprint density at radius 2 is 1.81 bits per heavy atom. The van der Waals surface area contributed by atoms with Gasteiger partial charge in [0.15, 0.2) is 11.5 Å². The van der Waals surface area contributed by atoms with Crippen molar-refractivity contribution in [3.05, 3.63) is 23.3 Å². The second-order valence-corrected chi connectivity index (χ2v) is 3.02. The molecule has 1 heterocycles. The lowest BCUT2D eigenvalue weighted by atomic mass is 10.1. The molecular weight excluding hydrogens is 216 g/mol. The number of carboxylic acid groups (broad SMARTS) is 1. The van der Waals surface area contributed by atoms with Gasteiger partial charge >= 0.3 is 11.9 Å². The van der Waals surface area contributed by atoms with Crippen LogP contribution in [0.2, 0.25) is 0 Å². The first-order valence-electron chi connectivity index (χ1n) is 4.39. The zero-order chi connectivity index (χ0) is 11.7. The number of aromatic carboxylic acids is 1. The molecule has 1 aromatic carbocycles. The normalized spacial score (nSPS) is 12.3. The summed E-state index contributed by atoms with van der Waals surface area (Å²) in [6.45, 7) is -0.108. The van der Waals surface area contributed by atoms with Crippen LogP contribution >= 0.6 is 0 Å². The molecule has 1 aromatic rings. The van der Waals surface area contributed by atoms with Crippen molar-refractivity contribution < 1.29 is 28.9 Å². The van der Waals surface area contributed by atoms with E-state index in [1.165, 1.54) is 19.2 Å². The maximum atomic E-state index is 11.3. The summed E-state index contributed by atoms with van der Waals surface area (Å²) in [5.74, 6) is -1.56. The molecule has 1 N–H and O–H groups in total. The molecule has 2 rings (SSSR count). The van der Waals surface area contributed by atoms with E-state index in [1.807, 2.05) is 0 Å². The van der Waals surface area contributed by atoms with Gasteiger partial charge in [0.1, 0.15) is 11.1 Å². The van der Waals surface area contributed by atoms with Crippen molar-refractivity contribution in [3.63, 3.8) is 0 Å². The van der Waals surface area contributed by atoms with Gasteiger partial charge in [0.05, 0.1) is 7.11 Å². The maximum Gasteiger partial charge on any atom is 0.341 e. The van der Waals surface area contributed by atoms with Crippen LogP contribution in [0.3, 0.4) is 0 Å². The van der Waals surface area contributed by atoms with Crippen molar-refractivity contribution in [1.29, 1.82) is 0 Å². The molecule has 0 fully saturated rings. The van der Waals surface area contributed by atoms with Gasteiger partial charge in [-0.3, -0.25) is 0 Å². The van der Waals surface area contributed by atoms with Gasteiger partial charge < -0.3 is 19.3 Å². The first-order chi connectivity index (χ1) is 7.65. The van der Waals surface area contributed by atoms with Crippen molar-refractivity contribution in [2.24, 2.45) is 0 Å². The number of carbonyl (C=O) groups excluding carboxylic acids is 1. The number of carbonyl (C=O) groups is 2. The number of carboxylic acids is 1. The van der Waals surface area contributed by atoms with Crippen molar-refractivity contribution in [2.75, 3.05) is 13.9 Å². The highest BCUT2D eigenvalue weighted by Gasteiger charge is 2.28. The molecule has 6 nitrogen and oxygen atoms in total. The second kappa shape index (κ2) is 3.73. The van der Waals surface area contributed by atoms with E-state index in [9.17, 15) is 9.59 Å². The third-order valence-electron chi connectivity index (χ3n) is 2.15. The van der Waals surface area contributed by atoms with E-state index in [0.717, 1.165) is 0 Å². The largest absolute Gasteiger partial charge is 0.478 e. The molecule has 0 atom stereocenters. The molecule has 1 aliphatic rings. The number of methoxy groups -OCH3 is 1. The molecule has 16 heavy (non-hydrogen) atoms. The molecule has 6 heteroatoms. The topological polar surface area (TPSA) is 82.1 Å². The molecule has 0 unspecified atom stereocenters. The van der Waals surface area contributed by atoms with Crippen LogP contribution in [0.1, 0.15) is 20.7 Å². The summed E-state index contributed by atoms with van der Waals surface area (Å²) in [6, 6.07) is 2.62. The monoisotopic (exact) mass is 224 g/mol. The van der Waals surface area contributed by atoms with E-state index in [4.69, 9.17) is 14.6 Å². The fraction of sp³-hybridized carbons (Fsp3) is 0.200. The SMILES string of the molecule is COC(=O)c1ccc(C(=O)O)c2c1OCO2. The quantitative estimate of drug-likeness (QED) is 0.751. The van der Waals surface area contributed by atoms with Crippen LogP contribution in [-0.4, -0.2) is 30.9 Å². The number of esters is 1. The molecule has 1 aliphatic heterocycles. The maximum absolute atomic E-state index is 11.3. The fourth-order valence-electron chi connectivity index (χ4n) is 1.44. The first kappa shape index (κ1) is 10.3. The van der Waals surface area contributed by atoms with Crippen molar-refractivity contribution in [2.45, 2.75) is 0 Å². The molecule has 0 saturated carbocycles. The van der Waals surface area contributed by atoms with Crippen LogP contribution in [0.25, 0.3) is 0 Å². The molecule has 0 bridgehead atoms. The van der Waals surface area contributed by atoms with Gasteiger partial charge in [0, 0.05) is 0 Å². The highest BCUT2D eigenvalue weighted by Crippen LogP contribution is 2.39. The minimum absolute atomic E-state index is 0.0415. The fourth-order valence-corrected chi connectivity index (χ4v) is 1.44. The Labute approximate surface area is 90.3 Å². The minimum atomic E-state index is -1.14. The van der Waals surface area contributed by atoms with Gasteiger partial charge in [0.2, 0.25) is 6.79 Å². The molecule has 0 amide bonds. The van der Waals surface area contributed by atoms with Crippen LogP contribution < -0.4 is 9.47 Å². The van der Waals surface area contributed by atoms with E-state index in [2.05, 4.69) is 4.74 Å². The highest BCUT2D eigenvalue weighted by molar-refractivity contribution is 5.98. The lowest BCUT2D eigenvalue weighted by molar-refractivity contribution is 0.0594. The lowest BCUT2D eigenvalue weighted by Gasteiger charge is -2.05. The Morgan fingerprint density at radius 1 is 1.25 bits per heavy atom.